The number of sulfonamides is 1. The standard InChI is InChI=1S/C19H11BrN2O5S/c20-15-9-14-13(11-5-1-2-6-12(11)19(14)23)10-16(15)21-28(26,27)18-8-4-3-7-17(18)22(24)25/h1-10,21H. The van der Waals surface area contributed by atoms with Crippen LogP contribution in [0.25, 0.3) is 11.1 Å². The Morgan fingerprint density at radius 1 is 0.893 bits per heavy atom. The number of halogens is 1. The molecule has 1 N–H and O–H groups in total. The molecule has 28 heavy (non-hydrogen) atoms. The van der Waals surface area contributed by atoms with E-state index in [0.29, 0.717) is 26.7 Å². The summed E-state index contributed by atoms with van der Waals surface area (Å²) in [6.45, 7) is 0. The molecule has 3 aromatic rings. The third-order valence-corrected chi connectivity index (χ3v) is 6.48. The number of nitrogens with zero attached hydrogens (tertiary/aromatic N) is 1. The molecule has 0 amide bonds. The minimum atomic E-state index is -4.23. The smallest absolute Gasteiger partial charge is 0.289 e. The van der Waals surface area contributed by atoms with Crippen LogP contribution in [0.15, 0.2) is 70.0 Å². The molecule has 140 valence electrons. The van der Waals surface area contributed by atoms with E-state index < -0.39 is 25.5 Å². The Morgan fingerprint density at radius 3 is 2.25 bits per heavy atom. The van der Waals surface area contributed by atoms with E-state index in [2.05, 4.69) is 20.7 Å². The number of ketones is 1. The second-order valence-electron chi connectivity index (χ2n) is 6.08. The lowest BCUT2D eigenvalue weighted by molar-refractivity contribution is -0.387. The van der Waals surface area contributed by atoms with Crippen LogP contribution in [0.1, 0.15) is 15.9 Å². The highest BCUT2D eigenvalue weighted by molar-refractivity contribution is 9.10. The van der Waals surface area contributed by atoms with Crippen molar-refractivity contribution in [2.45, 2.75) is 4.90 Å². The van der Waals surface area contributed by atoms with Gasteiger partial charge in [-0.3, -0.25) is 19.6 Å². The summed E-state index contributed by atoms with van der Waals surface area (Å²) < 4.78 is 28.3. The highest BCUT2D eigenvalue weighted by atomic mass is 79.9. The van der Waals surface area contributed by atoms with Gasteiger partial charge in [-0.15, -0.1) is 0 Å². The van der Waals surface area contributed by atoms with Gasteiger partial charge in [-0.1, -0.05) is 36.4 Å². The number of anilines is 1. The van der Waals surface area contributed by atoms with Crippen molar-refractivity contribution in [2.75, 3.05) is 4.72 Å². The summed E-state index contributed by atoms with van der Waals surface area (Å²) in [6.07, 6.45) is 0. The third kappa shape index (κ3) is 2.88. The number of nitro benzene ring substituents is 1. The quantitative estimate of drug-likeness (QED) is 0.360. The monoisotopic (exact) mass is 458 g/mol. The molecule has 0 bridgehead atoms. The predicted molar refractivity (Wildman–Crippen MR) is 107 cm³/mol. The number of hydrogen-bond acceptors (Lipinski definition) is 5. The molecule has 0 aliphatic heterocycles. The number of fused-ring (bicyclic) bond motifs is 3. The summed E-state index contributed by atoms with van der Waals surface area (Å²) in [5, 5.41) is 11.2. The van der Waals surface area contributed by atoms with Crippen LogP contribution in [-0.2, 0) is 10.0 Å². The average Bonchev–Trinajstić information content (AvgIpc) is 2.94. The molecule has 0 spiro atoms. The molecule has 0 saturated heterocycles. The second kappa shape index (κ2) is 6.54. The van der Waals surface area contributed by atoms with Gasteiger partial charge >= 0.3 is 0 Å². The van der Waals surface area contributed by atoms with Gasteiger partial charge < -0.3 is 0 Å². The summed E-state index contributed by atoms with van der Waals surface area (Å²) in [6, 6.07) is 15.2. The van der Waals surface area contributed by atoms with Crippen molar-refractivity contribution >= 4 is 43.1 Å². The van der Waals surface area contributed by atoms with Gasteiger partial charge in [0.25, 0.3) is 15.7 Å². The molecule has 0 heterocycles. The van der Waals surface area contributed by atoms with Crippen molar-refractivity contribution in [3.05, 3.63) is 86.4 Å². The molecular weight excluding hydrogens is 448 g/mol. The molecule has 0 radical (unpaired) electrons. The van der Waals surface area contributed by atoms with E-state index in [4.69, 9.17) is 0 Å². The van der Waals surface area contributed by atoms with Crippen LogP contribution >= 0.6 is 15.9 Å². The second-order valence-corrected chi connectivity index (χ2v) is 8.59. The number of nitro groups is 1. The topological polar surface area (TPSA) is 106 Å². The Kier molecular flexibility index (Phi) is 4.28. The maximum Gasteiger partial charge on any atom is 0.289 e. The first-order valence-electron chi connectivity index (χ1n) is 8.03. The molecule has 0 aromatic heterocycles. The number of nitrogens with one attached hydrogen (secondary N) is 1. The zero-order chi connectivity index (χ0) is 20.1. The third-order valence-electron chi connectivity index (χ3n) is 4.41. The van der Waals surface area contributed by atoms with Crippen LogP contribution in [0.5, 0.6) is 0 Å². The molecule has 3 aromatic carbocycles. The van der Waals surface area contributed by atoms with Gasteiger partial charge in [0, 0.05) is 21.7 Å². The molecule has 9 heteroatoms. The van der Waals surface area contributed by atoms with Crippen LogP contribution in [0.4, 0.5) is 11.4 Å². The van der Waals surface area contributed by atoms with E-state index in [-0.39, 0.29) is 11.5 Å². The van der Waals surface area contributed by atoms with E-state index in [0.717, 1.165) is 6.07 Å². The minimum absolute atomic E-state index is 0.139. The van der Waals surface area contributed by atoms with Crippen LogP contribution in [0.2, 0.25) is 0 Å². The van der Waals surface area contributed by atoms with Crippen molar-refractivity contribution in [2.24, 2.45) is 0 Å². The molecule has 0 atom stereocenters. The lowest BCUT2D eigenvalue weighted by Gasteiger charge is -2.12. The lowest BCUT2D eigenvalue weighted by Crippen LogP contribution is -2.15. The van der Waals surface area contributed by atoms with Gasteiger partial charge in [0.2, 0.25) is 0 Å². The van der Waals surface area contributed by atoms with Crippen molar-refractivity contribution in [1.82, 2.24) is 0 Å². The number of para-hydroxylation sites is 1. The van der Waals surface area contributed by atoms with E-state index in [9.17, 15) is 23.3 Å². The first-order chi connectivity index (χ1) is 13.3. The summed E-state index contributed by atoms with van der Waals surface area (Å²) in [4.78, 5) is 22.5. The van der Waals surface area contributed by atoms with E-state index in [1.165, 1.54) is 18.2 Å². The average molecular weight is 459 g/mol. The highest BCUT2D eigenvalue weighted by Crippen LogP contribution is 2.41. The number of carbonyl (C=O) groups excluding carboxylic acids is 1. The number of hydrogen-bond donors (Lipinski definition) is 1. The fourth-order valence-electron chi connectivity index (χ4n) is 3.16. The molecule has 7 nitrogen and oxygen atoms in total. The highest BCUT2D eigenvalue weighted by Gasteiger charge is 2.30. The molecule has 0 unspecified atom stereocenters. The number of benzene rings is 3. The molecule has 1 aliphatic carbocycles. The molecule has 0 saturated carbocycles. The van der Waals surface area contributed by atoms with E-state index >= 15 is 0 Å². The van der Waals surface area contributed by atoms with Gasteiger partial charge in [-0.05, 0) is 45.3 Å². The summed E-state index contributed by atoms with van der Waals surface area (Å²) in [5.74, 6) is -0.139. The van der Waals surface area contributed by atoms with Gasteiger partial charge in [-0.25, -0.2) is 8.42 Å². The summed E-state index contributed by atoms with van der Waals surface area (Å²) >= 11 is 3.28. The van der Waals surface area contributed by atoms with Gasteiger partial charge in [0.05, 0.1) is 10.6 Å². The predicted octanol–water partition coefficient (Wildman–Crippen LogP) is 4.37. The summed E-state index contributed by atoms with van der Waals surface area (Å²) in [5.41, 5.74) is 1.98. The zero-order valence-corrected chi connectivity index (χ0v) is 16.5. The SMILES string of the molecule is O=C1c2ccccc2-c2cc(NS(=O)(=O)c3ccccc3[N+](=O)[O-])c(Br)cc21. The van der Waals surface area contributed by atoms with Gasteiger partial charge in [0.15, 0.2) is 10.7 Å². The largest absolute Gasteiger partial charge is 0.289 e. The molecule has 1 aliphatic rings. The first-order valence-corrected chi connectivity index (χ1v) is 10.3. The maximum atomic E-state index is 12.8. The Morgan fingerprint density at radius 2 is 1.54 bits per heavy atom. The van der Waals surface area contributed by atoms with Crippen molar-refractivity contribution in [3.63, 3.8) is 0 Å². The zero-order valence-electron chi connectivity index (χ0n) is 14.0. The lowest BCUT2D eigenvalue weighted by atomic mass is 10.1. The molecule has 0 fully saturated rings. The maximum absolute atomic E-state index is 12.8. The van der Waals surface area contributed by atoms with E-state index in [1.54, 1.807) is 36.4 Å². The number of rotatable bonds is 4. The Bertz CT molecular complexity index is 1270. The minimum Gasteiger partial charge on any atom is -0.289 e. The Hall–Kier alpha value is -3.04. The molecule has 4 rings (SSSR count). The summed E-state index contributed by atoms with van der Waals surface area (Å²) in [7, 11) is -4.23. The van der Waals surface area contributed by atoms with Crippen LogP contribution in [0.3, 0.4) is 0 Å². The van der Waals surface area contributed by atoms with Gasteiger partial charge in [0.1, 0.15) is 0 Å². The fourth-order valence-corrected chi connectivity index (χ4v) is 4.98. The first kappa shape index (κ1) is 18.3. The van der Waals surface area contributed by atoms with Crippen LogP contribution in [0, 0.1) is 10.1 Å². The van der Waals surface area contributed by atoms with Crippen molar-refractivity contribution in [3.8, 4) is 11.1 Å². The van der Waals surface area contributed by atoms with Crippen LogP contribution < -0.4 is 4.72 Å². The van der Waals surface area contributed by atoms with Crippen LogP contribution in [-0.4, -0.2) is 19.1 Å². The fraction of sp³-hybridized carbons (Fsp3) is 0. The van der Waals surface area contributed by atoms with Crippen molar-refractivity contribution < 1.29 is 18.1 Å². The Labute approximate surface area is 168 Å². The van der Waals surface area contributed by atoms with E-state index in [1.807, 2.05) is 0 Å². The Balaban J connectivity index is 1.81. The van der Waals surface area contributed by atoms with Gasteiger partial charge in [-0.2, -0.15) is 0 Å². The number of carbonyl (C=O) groups is 1. The molecular formula is C19H11BrN2O5S. The normalized spacial score (nSPS) is 12.4. The van der Waals surface area contributed by atoms with Crippen molar-refractivity contribution in [1.29, 1.82) is 0 Å².